The number of fused-ring (bicyclic) bond motifs is 1. The highest BCUT2D eigenvalue weighted by atomic mass is 16.5. The summed E-state index contributed by atoms with van der Waals surface area (Å²) in [6.45, 7) is 10.2. The lowest BCUT2D eigenvalue weighted by molar-refractivity contribution is -0.126. The van der Waals surface area contributed by atoms with E-state index in [1.807, 2.05) is 52.8 Å². The van der Waals surface area contributed by atoms with Crippen LogP contribution in [0, 0.1) is 19.3 Å². The van der Waals surface area contributed by atoms with E-state index in [9.17, 15) is 14.4 Å². The molecule has 1 fully saturated rings. The fourth-order valence-corrected chi connectivity index (χ4v) is 4.20. The fraction of sp³-hybridized carbons (Fsp3) is 0.500. The van der Waals surface area contributed by atoms with Gasteiger partial charge in [0.15, 0.2) is 16.9 Å². The molecule has 8 nitrogen and oxygen atoms in total. The number of carbonyl (C=O) groups excluding carboxylic acids is 1. The van der Waals surface area contributed by atoms with E-state index in [-0.39, 0.29) is 36.1 Å². The predicted octanol–water partition coefficient (Wildman–Crippen LogP) is 2.76. The zero-order valence-electron chi connectivity index (χ0n) is 19.3. The molecular formula is C24H30N4O4. The van der Waals surface area contributed by atoms with Gasteiger partial charge in [-0.3, -0.25) is 14.2 Å². The van der Waals surface area contributed by atoms with E-state index >= 15 is 0 Å². The van der Waals surface area contributed by atoms with E-state index in [1.165, 1.54) is 15.5 Å². The molecule has 4 rings (SSSR count). The van der Waals surface area contributed by atoms with Crippen LogP contribution in [0.15, 0.2) is 34.1 Å². The molecule has 0 N–H and O–H groups in total. The number of ketones is 1. The topological polar surface area (TPSA) is 88.1 Å². The Morgan fingerprint density at radius 2 is 1.88 bits per heavy atom. The third kappa shape index (κ3) is 3.83. The first kappa shape index (κ1) is 22.2. The van der Waals surface area contributed by atoms with Crippen molar-refractivity contribution in [2.45, 2.75) is 66.7 Å². The zero-order chi connectivity index (χ0) is 23.2. The van der Waals surface area contributed by atoms with Crippen molar-refractivity contribution < 1.29 is 9.53 Å². The number of imidazole rings is 1. The van der Waals surface area contributed by atoms with Crippen LogP contribution in [0.4, 0.5) is 0 Å². The van der Waals surface area contributed by atoms with Crippen LogP contribution in [0.25, 0.3) is 16.9 Å². The van der Waals surface area contributed by atoms with Gasteiger partial charge in [0.2, 0.25) is 0 Å². The van der Waals surface area contributed by atoms with Gasteiger partial charge in [-0.1, -0.05) is 39.0 Å². The Morgan fingerprint density at radius 3 is 2.47 bits per heavy atom. The number of aryl methyl sites for hydroxylation is 2. The quantitative estimate of drug-likeness (QED) is 0.611. The van der Waals surface area contributed by atoms with Crippen LogP contribution in [0.5, 0.6) is 0 Å². The van der Waals surface area contributed by atoms with Gasteiger partial charge in [-0.15, -0.1) is 0 Å². The van der Waals surface area contributed by atoms with Gasteiger partial charge in [0.25, 0.3) is 5.56 Å². The molecular weight excluding hydrogens is 408 g/mol. The summed E-state index contributed by atoms with van der Waals surface area (Å²) in [6, 6.07) is 5.78. The minimum absolute atomic E-state index is 0.0140. The predicted molar refractivity (Wildman–Crippen MR) is 123 cm³/mol. The first-order valence-electron chi connectivity index (χ1n) is 11.0. The van der Waals surface area contributed by atoms with Gasteiger partial charge in [0.1, 0.15) is 0 Å². The molecule has 0 spiro atoms. The van der Waals surface area contributed by atoms with Crippen molar-refractivity contribution >= 4 is 16.9 Å². The summed E-state index contributed by atoms with van der Waals surface area (Å²) in [5.74, 6) is -0.0216. The van der Waals surface area contributed by atoms with Gasteiger partial charge in [-0.2, -0.15) is 0 Å². The average molecular weight is 439 g/mol. The SMILES string of the molecule is Cc1cccc(C)c1-n1c(=O)n(CC2CCCO2)c(=O)c2c1ncn2CC(=O)C(C)(C)C. The molecule has 0 bridgehead atoms. The Labute approximate surface area is 186 Å². The molecule has 8 heteroatoms. The molecule has 3 aromatic rings. The number of aromatic nitrogens is 4. The minimum atomic E-state index is -0.561. The summed E-state index contributed by atoms with van der Waals surface area (Å²) in [5.41, 5.74) is 1.58. The van der Waals surface area contributed by atoms with Gasteiger partial charge in [0.05, 0.1) is 31.2 Å². The highest BCUT2D eigenvalue weighted by molar-refractivity contribution is 5.85. The van der Waals surface area contributed by atoms with Gasteiger partial charge in [-0.05, 0) is 37.8 Å². The summed E-state index contributed by atoms with van der Waals surface area (Å²) >= 11 is 0. The summed E-state index contributed by atoms with van der Waals surface area (Å²) in [7, 11) is 0. The maximum absolute atomic E-state index is 13.6. The van der Waals surface area contributed by atoms with Crippen LogP contribution in [0.3, 0.4) is 0 Å². The third-order valence-corrected chi connectivity index (χ3v) is 6.12. The van der Waals surface area contributed by atoms with Crippen molar-refractivity contribution in [2.75, 3.05) is 6.61 Å². The van der Waals surface area contributed by atoms with Crippen LogP contribution in [0.2, 0.25) is 0 Å². The second kappa shape index (κ2) is 8.16. The smallest absolute Gasteiger partial charge is 0.337 e. The third-order valence-electron chi connectivity index (χ3n) is 6.12. The van der Waals surface area contributed by atoms with Crippen molar-refractivity contribution in [3.8, 4) is 5.69 Å². The number of nitrogens with zero attached hydrogens (tertiary/aromatic N) is 4. The van der Waals surface area contributed by atoms with Gasteiger partial charge in [-0.25, -0.2) is 14.3 Å². The lowest BCUT2D eigenvalue weighted by Crippen LogP contribution is -2.43. The lowest BCUT2D eigenvalue weighted by Gasteiger charge is -2.19. The Hall–Kier alpha value is -3.00. The highest BCUT2D eigenvalue weighted by Gasteiger charge is 2.27. The Morgan fingerprint density at radius 1 is 1.19 bits per heavy atom. The normalized spacial score (nSPS) is 16.7. The van der Waals surface area contributed by atoms with Crippen molar-refractivity contribution in [1.29, 1.82) is 0 Å². The highest BCUT2D eigenvalue weighted by Crippen LogP contribution is 2.22. The second-order valence-electron chi connectivity index (χ2n) is 9.63. The number of carbonyl (C=O) groups is 1. The molecule has 1 atom stereocenters. The van der Waals surface area contributed by atoms with E-state index in [4.69, 9.17) is 4.74 Å². The molecule has 170 valence electrons. The van der Waals surface area contributed by atoms with Gasteiger partial charge >= 0.3 is 5.69 Å². The van der Waals surface area contributed by atoms with Crippen molar-refractivity contribution in [2.24, 2.45) is 5.41 Å². The van der Waals surface area contributed by atoms with Crippen LogP contribution < -0.4 is 11.2 Å². The second-order valence-corrected chi connectivity index (χ2v) is 9.63. The number of rotatable bonds is 5. The van der Waals surface area contributed by atoms with Crippen molar-refractivity contribution in [3.05, 3.63) is 56.5 Å². The Kier molecular flexibility index (Phi) is 5.67. The largest absolute Gasteiger partial charge is 0.376 e. The van der Waals surface area contributed by atoms with Crippen LogP contribution in [-0.2, 0) is 22.6 Å². The molecule has 1 unspecified atom stereocenters. The molecule has 1 saturated heterocycles. The molecule has 0 aliphatic carbocycles. The molecule has 0 amide bonds. The van der Waals surface area contributed by atoms with E-state index in [2.05, 4.69) is 4.98 Å². The van der Waals surface area contributed by atoms with E-state index in [0.717, 1.165) is 24.0 Å². The Balaban J connectivity index is 2.01. The van der Waals surface area contributed by atoms with E-state index in [0.29, 0.717) is 12.3 Å². The number of hydrogen-bond acceptors (Lipinski definition) is 5. The first-order chi connectivity index (χ1) is 15.1. The molecule has 0 radical (unpaired) electrons. The van der Waals surface area contributed by atoms with Gasteiger partial charge < -0.3 is 9.30 Å². The number of benzene rings is 1. The molecule has 1 aliphatic rings. The van der Waals surface area contributed by atoms with Crippen LogP contribution in [-0.4, -0.2) is 37.2 Å². The van der Waals surface area contributed by atoms with Crippen LogP contribution in [0.1, 0.15) is 44.7 Å². The summed E-state index contributed by atoms with van der Waals surface area (Å²) in [4.78, 5) is 44.3. The molecule has 32 heavy (non-hydrogen) atoms. The maximum Gasteiger partial charge on any atom is 0.337 e. The molecule has 1 aliphatic heterocycles. The monoisotopic (exact) mass is 438 g/mol. The number of ether oxygens (including phenoxy) is 1. The first-order valence-corrected chi connectivity index (χ1v) is 11.0. The number of hydrogen-bond donors (Lipinski definition) is 0. The lowest BCUT2D eigenvalue weighted by atomic mass is 9.91. The minimum Gasteiger partial charge on any atom is -0.376 e. The molecule has 0 saturated carbocycles. The molecule has 2 aromatic heterocycles. The molecule has 1 aromatic carbocycles. The standard InChI is InChI=1S/C24H30N4O4/c1-15-8-6-9-16(2)19(15)28-21-20(26(14-25-21)13-18(29)24(3,4)5)22(30)27(23(28)31)12-17-10-7-11-32-17/h6,8-9,14,17H,7,10-13H2,1-5H3. The summed E-state index contributed by atoms with van der Waals surface area (Å²) in [6.07, 6.45) is 3.01. The zero-order valence-corrected chi connectivity index (χ0v) is 19.3. The van der Waals surface area contributed by atoms with E-state index < -0.39 is 16.7 Å². The fourth-order valence-electron chi connectivity index (χ4n) is 4.20. The molecule has 3 heterocycles. The van der Waals surface area contributed by atoms with Crippen molar-refractivity contribution in [1.82, 2.24) is 18.7 Å². The van der Waals surface area contributed by atoms with E-state index in [1.54, 1.807) is 4.57 Å². The number of para-hydroxylation sites is 1. The van der Waals surface area contributed by atoms with Crippen molar-refractivity contribution in [3.63, 3.8) is 0 Å². The number of Topliss-reactive ketones (excluding diaryl/α,β-unsaturated/α-hetero) is 1. The maximum atomic E-state index is 13.6. The van der Waals surface area contributed by atoms with Gasteiger partial charge in [0, 0.05) is 12.0 Å². The average Bonchev–Trinajstić information content (AvgIpc) is 3.37. The van der Waals surface area contributed by atoms with Crippen LogP contribution >= 0.6 is 0 Å². The summed E-state index contributed by atoms with van der Waals surface area (Å²) < 4.78 is 10.0. The summed E-state index contributed by atoms with van der Waals surface area (Å²) in [5, 5.41) is 0. The Bertz CT molecular complexity index is 1280.